The minimum Gasteiger partial charge on any atom is -0.339 e. The number of hydrogen-bond acceptors (Lipinski definition) is 4. The highest BCUT2D eigenvalue weighted by Crippen LogP contribution is 2.21. The van der Waals surface area contributed by atoms with Gasteiger partial charge in [0.05, 0.1) is 5.75 Å². The summed E-state index contributed by atoms with van der Waals surface area (Å²) < 4.78 is 23.8. The SMILES string of the molecule is CC1CN(C(=O)C2CCCCS2(=O)=O)CCN1. The first-order chi connectivity index (χ1) is 8.00. The molecule has 1 amide bonds. The van der Waals surface area contributed by atoms with Crippen LogP contribution in [0.15, 0.2) is 0 Å². The third-order valence-corrected chi connectivity index (χ3v) is 5.70. The Hall–Kier alpha value is -0.620. The predicted octanol–water partition coefficient (Wildman–Crippen LogP) is -0.226. The monoisotopic (exact) mass is 260 g/mol. The van der Waals surface area contributed by atoms with E-state index in [0.29, 0.717) is 25.9 Å². The zero-order valence-corrected chi connectivity index (χ0v) is 11.0. The molecule has 2 aliphatic heterocycles. The molecule has 0 aromatic heterocycles. The summed E-state index contributed by atoms with van der Waals surface area (Å²) in [6.45, 7) is 3.99. The van der Waals surface area contributed by atoms with Crippen LogP contribution in [-0.4, -0.2) is 55.9 Å². The predicted molar refractivity (Wildman–Crippen MR) is 65.5 cm³/mol. The molecule has 0 saturated carbocycles. The number of carbonyl (C=O) groups is 1. The lowest BCUT2D eigenvalue weighted by atomic mass is 10.1. The molecule has 0 bridgehead atoms. The molecule has 2 fully saturated rings. The Morgan fingerprint density at radius 1 is 1.35 bits per heavy atom. The highest BCUT2D eigenvalue weighted by Gasteiger charge is 2.38. The molecule has 2 aliphatic rings. The number of nitrogens with one attached hydrogen (secondary N) is 1. The van der Waals surface area contributed by atoms with Crippen LogP contribution in [0.2, 0.25) is 0 Å². The van der Waals surface area contributed by atoms with Crippen LogP contribution in [0, 0.1) is 0 Å². The normalized spacial score (nSPS) is 33.4. The van der Waals surface area contributed by atoms with Gasteiger partial charge in [0.1, 0.15) is 5.25 Å². The lowest BCUT2D eigenvalue weighted by Gasteiger charge is -2.35. The van der Waals surface area contributed by atoms with Gasteiger partial charge in [0.25, 0.3) is 0 Å². The summed E-state index contributed by atoms with van der Waals surface area (Å²) in [4.78, 5) is 13.9. The summed E-state index contributed by atoms with van der Waals surface area (Å²) in [5.74, 6) is -0.0107. The van der Waals surface area contributed by atoms with E-state index in [2.05, 4.69) is 5.32 Å². The number of piperazine rings is 1. The summed E-state index contributed by atoms with van der Waals surface area (Å²) in [5.41, 5.74) is 0. The average molecular weight is 260 g/mol. The quantitative estimate of drug-likeness (QED) is 0.707. The number of sulfone groups is 1. The second-order valence-electron chi connectivity index (χ2n) is 4.99. The summed E-state index contributed by atoms with van der Waals surface area (Å²) in [6, 6.07) is 0.249. The van der Waals surface area contributed by atoms with Crippen molar-refractivity contribution in [1.82, 2.24) is 10.2 Å². The van der Waals surface area contributed by atoms with Crippen LogP contribution in [0.5, 0.6) is 0 Å². The molecule has 2 heterocycles. The van der Waals surface area contributed by atoms with Crippen LogP contribution in [0.1, 0.15) is 26.2 Å². The van der Waals surface area contributed by atoms with Crippen molar-refractivity contribution in [2.45, 2.75) is 37.5 Å². The summed E-state index contributed by atoms with van der Waals surface area (Å²) in [6.07, 6.45) is 2.04. The Labute approximate surface area is 102 Å². The van der Waals surface area contributed by atoms with Crippen molar-refractivity contribution in [3.05, 3.63) is 0 Å². The van der Waals surface area contributed by atoms with Crippen LogP contribution in [-0.2, 0) is 14.6 Å². The van der Waals surface area contributed by atoms with Gasteiger partial charge in [0.2, 0.25) is 5.91 Å². The van der Waals surface area contributed by atoms with E-state index in [1.807, 2.05) is 6.92 Å². The molecule has 2 rings (SSSR count). The first-order valence-electron chi connectivity index (χ1n) is 6.24. The minimum absolute atomic E-state index is 0.172. The standard InChI is InChI=1S/C11H20N2O3S/c1-9-8-13(6-5-12-9)11(14)10-4-2-3-7-17(10,15)16/h9-10,12H,2-8H2,1H3. The molecule has 5 nitrogen and oxygen atoms in total. The lowest BCUT2D eigenvalue weighted by molar-refractivity contribution is -0.132. The second kappa shape index (κ2) is 4.94. The first-order valence-corrected chi connectivity index (χ1v) is 7.96. The van der Waals surface area contributed by atoms with Gasteiger partial charge in [-0.25, -0.2) is 8.42 Å². The van der Waals surface area contributed by atoms with Crippen molar-refractivity contribution in [3.63, 3.8) is 0 Å². The van der Waals surface area contributed by atoms with Crippen molar-refractivity contribution in [3.8, 4) is 0 Å². The third-order valence-electron chi connectivity index (χ3n) is 3.53. The fourth-order valence-corrected chi connectivity index (χ4v) is 4.44. The van der Waals surface area contributed by atoms with Crippen molar-refractivity contribution in [1.29, 1.82) is 0 Å². The van der Waals surface area contributed by atoms with Gasteiger partial charge < -0.3 is 10.2 Å². The molecule has 2 atom stereocenters. The maximum absolute atomic E-state index is 12.2. The summed E-state index contributed by atoms with van der Waals surface area (Å²) in [5, 5.41) is 2.47. The van der Waals surface area contributed by atoms with Gasteiger partial charge in [-0.3, -0.25) is 4.79 Å². The van der Waals surface area contributed by atoms with Gasteiger partial charge >= 0.3 is 0 Å². The fraction of sp³-hybridized carbons (Fsp3) is 0.909. The molecular formula is C11H20N2O3S. The van der Waals surface area contributed by atoms with Gasteiger partial charge in [0, 0.05) is 25.7 Å². The van der Waals surface area contributed by atoms with Gasteiger partial charge in [-0.1, -0.05) is 6.42 Å². The van der Waals surface area contributed by atoms with Crippen LogP contribution in [0.4, 0.5) is 0 Å². The van der Waals surface area contributed by atoms with E-state index < -0.39 is 15.1 Å². The highest BCUT2D eigenvalue weighted by atomic mass is 32.2. The van der Waals surface area contributed by atoms with Gasteiger partial charge in [0.15, 0.2) is 9.84 Å². The van der Waals surface area contributed by atoms with Crippen LogP contribution < -0.4 is 5.32 Å². The van der Waals surface area contributed by atoms with E-state index in [4.69, 9.17) is 0 Å². The fourth-order valence-electron chi connectivity index (χ4n) is 2.57. The van der Waals surface area contributed by atoms with E-state index in [-0.39, 0.29) is 17.7 Å². The highest BCUT2D eigenvalue weighted by molar-refractivity contribution is 7.92. The van der Waals surface area contributed by atoms with E-state index >= 15 is 0 Å². The molecule has 0 aliphatic carbocycles. The average Bonchev–Trinajstić information content (AvgIpc) is 2.27. The van der Waals surface area contributed by atoms with Gasteiger partial charge in [-0.2, -0.15) is 0 Å². The molecule has 0 spiro atoms. The second-order valence-corrected chi connectivity index (χ2v) is 7.29. The van der Waals surface area contributed by atoms with Crippen LogP contribution >= 0.6 is 0 Å². The number of amides is 1. The molecule has 2 saturated heterocycles. The zero-order valence-electron chi connectivity index (χ0n) is 10.2. The van der Waals surface area contributed by atoms with Crippen molar-refractivity contribution >= 4 is 15.7 Å². The number of carbonyl (C=O) groups excluding carboxylic acids is 1. The maximum Gasteiger partial charge on any atom is 0.241 e. The third kappa shape index (κ3) is 2.80. The molecule has 0 radical (unpaired) electrons. The Bertz CT molecular complexity index is 394. The van der Waals surface area contributed by atoms with Crippen molar-refractivity contribution < 1.29 is 13.2 Å². The molecule has 2 unspecified atom stereocenters. The van der Waals surface area contributed by atoms with E-state index in [9.17, 15) is 13.2 Å². The first kappa shape index (κ1) is 12.8. The zero-order chi connectivity index (χ0) is 12.5. The number of hydrogen-bond donors (Lipinski definition) is 1. The van der Waals surface area contributed by atoms with Crippen molar-refractivity contribution in [2.24, 2.45) is 0 Å². The molecule has 98 valence electrons. The number of rotatable bonds is 1. The van der Waals surface area contributed by atoms with Crippen molar-refractivity contribution in [2.75, 3.05) is 25.4 Å². The van der Waals surface area contributed by atoms with E-state index in [0.717, 1.165) is 13.0 Å². The van der Waals surface area contributed by atoms with E-state index in [1.165, 1.54) is 0 Å². The molecule has 0 aromatic rings. The van der Waals surface area contributed by atoms with Gasteiger partial charge in [-0.05, 0) is 19.8 Å². The molecular weight excluding hydrogens is 240 g/mol. The Morgan fingerprint density at radius 2 is 2.12 bits per heavy atom. The summed E-state index contributed by atoms with van der Waals surface area (Å²) in [7, 11) is -3.20. The van der Waals surface area contributed by atoms with Crippen LogP contribution in [0.25, 0.3) is 0 Å². The maximum atomic E-state index is 12.2. The topological polar surface area (TPSA) is 66.5 Å². The largest absolute Gasteiger partial charge is 0.339 e. The summed E-state index contributed by atoms with van der Waals surface area (Å²) >= 11 is 0. The minimum atomic E-state index is -3.20. The Morgan fingerprint density at radius 3 is 2.76 bits per heavy atom. The Kier molecular flexibility index (Phi) is 3.73. The van der Waals surface area contributed by atoms with E-state index in [1.54, 1.807) is 4.90 Å². The molecule has 17 heavy (non-hydrogen) atoms. The molecule has 6 heteroatoms. The number of nitrogens with zero attached hydrogens (tertiary/aromatic N) is 1. The molecule has 0 aromatic carbocycles. The van der Waals surface area contributed by atoms with Gasteiger partial charge in [-0.15, -0.1) is 0 Å². The lowest BCUT2D eigenvalue weighted by Crippen LogP contribution is -2.55. The smallest absolute Gasteiger partial charge is 0.241 e. The van der Waals surface area contributed by atoms with Crippen LogP contribution in [0.3, 0.4) is 0 Å². The Balaban J connectivity index is 2.08. The molecule has 1 N–H and O–H groups in total.